The number of aromatic nitrogens is 2. The lowest BCUT2D eigenvalue weighted by molar-refractivity contribution is 0.00578. The van der Waals surface area contributed by atoms with Crippen molar-refractivity contribution in [1.82, 2.24) is 9.55 Å². The molecule has 0 N–H and O–H groups in total. The Balaban J connectivity index is 1.79. The second kappa shape index (κ2) is 5.97. The van der Waals surface area contributed by atoms with Crippen molar-refractivity contribution in [1.29, 1.82) is 0 Å². The predicted octanol–water partition coefficient (Wildman–Crippen LogP) is 3.89. The zero-order valence-electron chi connectivity index (χ0n) is 16.1. The molecule has 4 rings (SSSR count). The molecule has 0 bridgehead atoms. The number of para-hydroxylation sites is 2. The van der Waals surface area contributed by atoms with E-state index in [1.54, 1.807) is 0 Å². The molecule has 5 heteroatoms. The molecule has 1 saturated heterocycles. The van der Waals surface area contributed by atoms with Gasteiger partial charge in [0.05, 0.1) is 22.2 Å². The first-order valence-electron chi connectivity index (χ1n) is 9.25. The SMILES string of the molecule is CCc1nc2ccccc2n1-c1cccc(B2OC(C)(C)C(C)(C)O2)c1. The normalized spacial score (nSPS) is 18.6. The maximum atomic E-state index is 6.22. The summed E-state index contributed by atoms with van der Waals surface area (Å²) in [5.41, 5.74) is 3.57. The average Bonchev–Trinajstić information content (AvgIpc) is 3.09. The van der Waals surface area contributed by atoms with Gasteiger partial charge in [0.15, 0.2) is 0 Å². The molecule has 0 aliphatic carbocycles. The molecule has 26 heavy (non-hydrogen) atoms. The summed E-state index contributed by atoms with van der Waals surface area (Å²) in [5, 5.41) is 0. The van der Waals surface area contributed by atoms with Crippen LogP contribution in [0, 0.1) is 0 Å². The van der Waals surface area contributed by atoms with Gasteiger partial charge in [0, 0.05) is 12.1 Å². The van der Waals surface area contributed by atoms with Gasteiger partial charge in [0.2, 0.25) is 0 Å². The zero-order valence-corrected chi connectivity index (χ0v) is 16.1. The van der Waals surface area contributed by atoms with Gasteiger partial charge in [-0.15, -0.1) is 0 Å². The van der Waals surface area contributed by atoms with Crippen molar-refractivity contribution in [2.75, 3.05) is 0 Å². The number of hydrogen-bond donors (Lipinski definition) is 0. The van der Waals surface area contributed by atoms with Gasteiger partial charge < -0.3 is 9.31 Å². The summed E-state index contributed by atoms with van der Waals surface area (Å²) in [6.45, 7) is 10.4. The van der Waals surface area contributed by atoms with E-state index in [0.29, 0.717) is 0 Å². The van der Waals surface area contributed by atoms with Crippen molar-refractivity contribution in [3.8, 4) is 5.69 Å². The number of aryl methyl sites for hydroxylation is 1. The Morgan fingerprint density at radius 2 is 1.65 bits per heavy atom. The molecule has 0 atom stereocenters. The van der Waals surface area contributed by atoms with Crippen molar-refractivity contribution in [2.45, 2.75) is 52.2 Å². The van der Waals surface area contributed by atoms with Crippen LogP contribution in [0.3, 0.4) is 0 Å². The molecule has 2 heterocycles. The lowest BCUT2D eigenvalue weighted by Crippen LogP contribution is -2.41. The van der Waals surface area contributed by atoms with Gasteiger partial charge in [-0.05, 0) is 57.4 Å². The van der Waals surface area contributed by atoms with Crippen molar-refractivity contribution in [2.24, 2.45) is 0 Å². The van der Waals surface area contributed by atoms with Gasteiger partial charge in [-0.2, -0.15) is 0 Å². The van der Waals surface area contributed by atoms with Gasteiger partial charge in [0.1, 0.15) is 5.82 Å². The summed E-state index contributed by atoms with van der Waals surface area (Å²) < 4.78 is 14.7. The summed E-state index contributed by atoms with van der Waals surface area (Å²) in [5.74, 6) is 1.05. The van der Waals surface area contributed by atoms with Crippen LogP contribution in [0.2, 0.25) is 0 Å². The molecule has 134 valence electrons. The summed E-state index contributed by atoms with van der Waals surface area (Å²) in [6, 6.07) is 16.6. The Bertz CT molecular complexity index is 946. The Hall–Kier alpha value is -2.11. The van der Waals surface area contributed by atoms with Gasteiger partial charge in [-0.3, -0.25) is 4.57 Å². The van der Waals surface area contributed by atoms with Gasteiger partial charge in [-0.25, -0.2) is 4.98 Å². The third-order valence-corrected chi connectivity index (χ3v) is 5.60. The largest absolute Gasteiger partial charge is 0.494 e. The maximum absolute atomic E-state index is 6.22. The molecule has 0 saturated carbocycles. The smallest absolute Gasteiger partial charge is 0.399 e. The standard InChI is InChI=1S/C21H25BN2O2/c1-6-19-23-17-12-7-8-13-18(17)24(19)16-11-9-10-15(14-16)22-25-20(2,3)21(4,5)26-22/h7-14H,6H2,1-5H3. The van der Waals surface area contributed by atoms with Crippen LogP contribution in [-0.2, 0) is 15.7 Å². The summed E-state index contributed by atoms with van der Waals surface area (Å²) in [4.78, 5) is 4.78. The van der Waals surface area contributed by atoms with Crippen LogP contribution >= 0.6 is 0 Å². The quantitative estimate of drug-likeness (QED) is 0.674. The van der Waals surface area contributed by atoms with Crippen molar-refractivity contribution < 1.29 is 9.31 Å². The van der Waals surface area contributed by atoms with Crippen molar-refractivity contribution in [3.63, 3.8) is 0 Å². The van der Waals surface area contributed by atoms with Gasteiger partial charge >= 0.3 is 7.12 Å². The third-order valence-electron chi connectivity index (χ3n) is 5.60. The fraction of sp³-hybridized carbons (Fsp3) is 0.381. The molecule has 0 spiro atoms. The molecule has 3 aromatic rings. The molecule has 1 fully saturated rings. The summed E-state index contributed by atoms with van der Waals surface area (Å²) in [6.07, 6.45) is 0.870. The molecule has 0 unspecified atom stereocenters. The van der Waals surface area contributed by atoms with Crippen LogP contribution in [0.25, 0.3) is 16.7 Å². The number of hydrogen-bond acceptors (Lipinski definition) is 3. The molecule has 0 radical (unpaired) electrons. The maximum Gasteiger partial charge on any atom is 0.494 e. The molecule has 2 aromatic carbocycles. The average molecular weight is 348 g/mol. The topological polar surface area (TPSA) is 36.3 Å². The van der Waals surface area contributed by atoms with Crippen LogP contribution in [0.15, 0.2) is 48.5 Å². The highest BCUT2D eigenvalue weighted by atomic mass is 16.7. The molecular formula is C21H25BN2O2. The van der Waals surface area contributed by atoms with Crippen LogP contribution in [0.4, 0.5) is 0 Å². The second-order valence-electron chi connectivity index (χ2n) is 7.89. The fourth-order valence-electron chi connectivity index (χ4n) is 3.39. The Kier molecular flexibility index (Phi) is 3.97. The van der Waals surface area contributed by atoms with Crippen LogP contribution in [0.5, 0.6) is 0 Å². The lowest BCUT2D eigenvalue weighted by Gasteiger charge is -2.32. The fourth-order valence-corrected chi connectivity index (χ4v) is 3.39. The molecule has 4 nitrogen and oxygen atoms in total. The Morgan fingerprint density at radius 3 is 2.35 bits per heavy atom. The van der Waals surface area contributed by atoms with E-state index in [9.17, 15) is 0 Å². The first kappa shape index (κ1) is 17.3. The van der Waals surface area contributed by atoms with E-state index in [0.717, 1.165) is 34.4 Å². The van der Waals surface area contributed by atoms with E-state index < -0.39 is 0 Å². The minimum atomic E-state index is -0.361. The van der Waals surface area contributed by atoms with E-state index >= 15 is 0 Å². The highest BCUT2D eigenvalue weighted by molar-refractivity contribution is 6.62. The minimum absolute atomic E-state index is 0.343. The van der Waals surface area contributed by atoms with E-state index in [2.05, 4.69) is 81.7 Å². The zero-order chi connectivity index (χ0) is 18.5. The third kappa shape index (κ3) is 2.66. The first-order chi connectivity index (χ1) is 12.3. The number of nitrogens with zero attached hydrogens (tertiary/aromatic N) is 2. The van der Waals surface area contributed by atoms with Crippen LogP contribution in [0.1, 0.15) is 40.4 Å². The Labute approximate surface area is 155 Å². The van der Waals surface area contributed by atoms with E-state index in [1.807, 2.05) is 6.07 Å². The molecule has 1 aromatic heterocycles. The number of benzene rings is 2. The second-order valence-corrected chi connectivity index (χ2v) is 7.89. The number of rotatable bonds is 3. The predicted molar refractivity (Wildman–Crippen MR) is 106 cm³/mol. The molecular weight excluding hydrogens is 323 g/mol. The number of fused-ring (bicyclic) bond motifs is 1. The van der Waals surface area contributed by atoms with Gasteiger partial charge in [-0.1, -0.05) is 31.2 Å². The van der Waals surface area contributed by atoms with E-state index in [1.165, 1.54) is 0 Å². The molecule has 0 amide bonds. The van der Waals surface area contributed by atoms with Crippen molar-refractivity contribution >= 4 is 23.6 Å². The number of imidazole rings is 1. The van der Waals surface area contributed by atoms with Crippen LogP contribution in [-0.4, -0.2) is 27.9 Å². The van der Waals surface area contributed by atoms with E-state index in [4.69, 9.17) is 14.3 Å². The van der Waals surface area contributed by atoms with E-state index in [-0.39, 0.29) is 18.3 Å². The molecule has 1 aliphatic rings. The van der Waals surface area contributed by atoms with Crippen LogP contribution < -0.4 is 5.46 Å². The lowest BCUT2D eigenvalue weighted by atomic mass is 9.79. The highest BCUT2D eigenvalue weighted by Gasteiger charge is 2.51. The summed E-state index contributed by atoms with van der Waals surface area (Å²) >= 11 is 0. The Morgan fingerprint density at radius 1 is 0.962 bits per heavy atom. The monoisotopic (exact) mass is 348 g/mol. The minimum Gasteiger partial charge on any atom is -0.399 e. The summed E-state index contributed by atoms with van der Waals surface area (Å²) in [7, 11) is -0.361. The van der Waals surface area contributed by atoms with Gasteiger partial charge in [0.25, 0.3) is 0 Å². The first-order valence-corrected chi connectivity index (χ1v) is 9.25. The highest BCUT2D eigenvalue weighted by Crippen LogP contribution is 2.36. The molecule has 1 aliphatic heterocycles. The van der Waals surface area contributed by atoms with Crippen molar-refractivity contribution in [3.05, 3.63) is 54.4 Å².